The van der Waals surface area contributed by atoms with Gasteiger partial charge in [-0.3, -0.25) is 9.80 Å². The van der Waals surface area contributed by atoms with Crippen molar-refractivity contribution in [3.8, 4) is 11.5 Å². The van der Waals surface area contributed by atoms with Crippen LogP contribution < -0.4 is 19.9 Å². The summed E-state index contributed by atoms with van der Waals surface area (Å²) in [5.74, 6) is 1.96. The summed E-state index contributed by atoms with van der Waals surface area (Å²) in [5.41, 5.74) is 0. The third kappa shape index (κ3) is 7.39. The van der Waals surface area contributed by atoms with Gasteiger partial charge in [-0.25, -0.2) is 0 Å². The molecule has 0 atom stereocenters. The van der Waals surface area contributed by atoms with E-state index in [-0.39, 0.29) is 0 Å². The third-order valence-corrected chi connectivity index (χ3v) is 8.67. The maximum absolute atomic E-state index is 6.33. The van der Waals surface area contributed by atoms with Crippen LogP contribution >= 0.6 is 0 Å². The molecule has 5 rings (SSSR count). The Morgan fingerprint density at radius 3 is 1.40 bits per heavy atom. The topological polar surface area (TPSA) is 24.9 Å². The van der Waals surface area contributed by atoms with Crippen LogP contribution in [0.5, 0.6) is 11.5 Å². The molecule has 0 N–H and O–H groups in total. The Bertz CT molecular complexity index is 1250. The van der Waals surface area contributed by atoms with Crippen LogP contribution in [0.3, 0.4) is 0 Å². The minimum Gasteiger partial charge on any atom is -0.492 e. The Hall–Kier alpha value is -2.56. The van der Waals surface area contributed by atoms with Crippen LogP contribution in [0.25, 0.3) is 33.7 Å². The number of fused-ring (bicyclic) bond motifs is 2. The molecule has 0 aromatic heterocycles. The number of rotatable bonds is 12. The molecule has 4 heteroatoms. The molecule has 0 aliphatic carbocycles. The van der Waals surface area contributed by atoms with Crippen LogP contribution in [0.15, 0.2) is 36.4 Å². The molecular formula is C36H50N2O2. The van der Waals surface area contributed by atoms with Crippen molar-refractivity contribution in [1.82, 2.24) is 9.80 Å². The minimum atomic E-state index is 0.750. The van der Waals surface area contributed by atoms with Crippen molar-refractivity contribution in [3.63, 3.8) is 0 Å². The number of hydrogen-bond donors (Lipinski definition) is 0. The van der Waals surface area contributed by atoms with E-state index < -0.39 is 0 Å². The van der Waals surface area contributed by atoms with E-state index in [4.69, 9.17) is 9.47 Å². The van der Waals surface area contributed by atoms with Crippen LogP contribution in [0.4, 0.5) is 0 Å². The summed E-state index contributed by atoms with van der Waals surface area (Å²) in [6.45, 7) is 12.9. The van der Waals surface area contributed by atoms with Gasteiger partial charge in [0.25, 0.3) is 0 Å². The summed E-state index contributed by atoms with van der Waals surface area (Å²) in [4.78, 5) is 5.09. The highest BCUT2D eigenvalue weighted by atomic mass is 16.5. The van der Waals surface area contributed by atoms with Gasteiger partial charge < -0.3 is 9.47 Å². The molecule has 40 heavy (non-hydrogen) atoms. The van der Waals surface area contributed by atoms with E-state index >= 15 is 0 Å². The molecular weight excluding hydrogens is 492 g/mol. The molecule has 3 aromatic rings. The van der Waals surface area contributed by atoms with Gasteiger partial charge in [0.2, 0.25) is 0 Å². The summed E-state index contributed by atoms with van der Waals surface area (Å²) in [6.07, 6.45) is 17.3. The number of likely N-dealkylation sites (tertiary alicyclic amines) is 2. The van der Waals surface area contributed by atoms with E-state index in [2.05, 4.69) is 72.2 Å². The fourth-order valence-corrected chi connectivity index (χ4v) is 6.40. The van der Waals surface area contributed by atoms with Crippen molar-refractivity contribution in [2.45, 2.75) is 78.1 Å². The van der Waals surface area contributed by atoms with Crippen molar-refractivity contribution in [2.24, 2.45) is 0 Å². The zero-order chi connectivity index (χ0) is 27.6. The maximum atomic E-state index is 6.33. The van der Waals surface area contributed by atoms with Crippen molar-refractivity contribution < 1.29 is 9.47 Å². The lowest BCUT2D eigenvalue weighted by atomic mass is 9.95. The molecule has 2 aliphatic rings. The first-order valence-electron chi connectivity index (χ1n) is 16.2. The van der Waals surface area contributed by atoms with Gasteiger partial charge in [0.1, 0.15) is 24.7 Å². The van der Waals surface area contributed by atoms with Gasteiger partial charge in [0.15, 0.2) is 0 Å². The van der Waals surface area contributed by atoms with Crippen molar-refractivity contribution in [2.75, 3.05) is 52.5 Å². The predicted molar refractivity (Wildman–Crippen MR) is 171 cm³/mol. The lowest BCUT2D eigenvalue weighted by molar-refractivity contribution is 0.183. The zero-order valence-electron chi connectivity index (χ0n) is 25.1. The fraction of sp³-hybridized carbons (Fsp3) is 0.556. The monoisotopic (exact) mass is 542 g/mol. The number of hydrogen-bond acceptors (Lipinski definition) is 4. The minimum absolute atomic E-state index is 0.750. The average Bonchev–Trinajstić information content (AvgIpc) is 3.00. The molecule has 0 unspecified atom stereocenters. The average molecular weight is 543 g/mol. The lowest BCUT2D eigenvalue weighted by Crippen LogP contribution is -2.33. The molecule has 0 bridgehead atoms. The quantitative estimate of drug-likeness (QED) is 0.233. The first-order chi connectivity index (χ1) is 19.8. The van der Waals surface area contributed by atoms with Crippen molar-refractivity contribution in [1.29, 1.82) is 0 Å². The molecule has 2 saturated heterocycles. The molecule has 2 heterocycles. The molecule has 0 radical (unpaired) electrons. The van der Waals surface area contributed by atoms with Gasteiger partial charge in [-0.1, -0.05) is 63.8 Å². The third-order valence-electron chi connectivity index (χ3n) is 8.67. The van der Waals surface area contributed by atoms with Gasteiger partial charge in [-0.05, 0) is 121 Å². The summed E-state index contributed by atoms with van der Waals surface area (Å²) in [7, 11) is 0. The van der Waals surface area contributed by atoms with Crippen molar-refractivity contribution in [3.05, 3.63) is 46.8 Å². The van der Waals surface area contributed by atoms with E-state index in [1.54, 1.807) is 0 Å². The molecule has 0 spiro atoms. The second kappa shape index (κ2) is 14.9. The van der Waals surface area contributed by atoms with E-state index in [0.717, 1.165) is 63.5 Å². The Morgan fingerprint density at radius 2 is 1.00 bits per heavy atom. The second-order valence-corrected chi connectivity index (χ2v) is 11.7. The van der Waals surface area contributed by atoms with Gasteiger partial charge in [-0.2, -0.15) is 0 Å². The molecule has 0 saturated carbocycles. The Morgan fingerprint density at radius 1 is 0.575 bits per heavy atom. The van der Waals surface area contributed by atoms with E-state index in [1.165, 1.54) is 96.7 Å². The van der Waals surface area contributed by atoms with E-state index in [9.17, 15) is 0 Å². The second-order valence-electron chi connectivity index (χ2n) is 11.7. The van der Waals surface area contributed by atoms with Crippen LogP contribution in [0.1, 0.15) is 78.1 Å². The van der Waals surface area contributed by atoms with Crippen LogP contribution in [-0.4, -0.2) is 62.3 Å². The maximum Gasteiger partial charge on any atom is 0.120 e. The zero-order valence-corrected chi connectivity index (χ0v) is 25.1. The Labute approximate surface area is 241 Å². The standard InChI is InChI=1S/C36H50N2O2/c1-3-5-13-31-33-17-15-30(40-26-24-38-21-11-8-12-22-38)28-36(33)32(14-6-4-2)34-18-16-29(27-35(31)34)39-25-23-37-19-9-7-10-20-37/h13-18,27-28H,3-12,19-26H2,1-2H3. The molecule has 4 nitrogen and oxygen atoms in total. The van der Waals surface area contributed by atoms with E-state index in [1.807, 2.05) is 0 Å². The van der Waals surface area contributed by atoms with Gasteiger partial charge in [0.05, 0.1) is 0 Å². The number of ether oxygens (including phenoxy) is 2. The number of piperidine rings is 2. The molecule has 2 aliphatic heterocycles. The number of nitrogens with zero attached hydrogens (tertiary/aromatic N) is 2. The first-order valence-corrected chi connectivity index (χ1v) is 16.2. The van der Waals surface area contributed by atoms with Crippen LogP contribution in [0.2, 0.25) is 0 Å². The lowest BCUT2D eigenvalue weighted by Gasteiger charge is -2.26. The van der Waals surface area contributed by atoms with Crippen LogP contribution in [0, 0.1) is 0 Å². The normalized spacial score (nSPS) is 18.1. The summed E-state index contributed by atoms with van der Waals surface area (Å²) in [5, 5.41) is 7.91. The highest BCUT2D eigenvalue weighted by Gasteiger charge is 2.13. The largest absolute Gasteiger partial charge is 0.492 e. The molecule has 0 amide bonds. The molecule has 2 fully saturated rings. The smallest absolute Gasteiger partial charge is 0.120 e. The summed E-state index contributed by atoms with van der Waals surface area (Å²) < 4.78 is 12.7. The number of unbranched alkanes of at least 4 members (excludes halogenated alkanes) is 2. The predicted octanol–water partition coefficient (Wildman–Crippen LogP) is 6.88. The SMILES string of the molecule is CCCC=c1c2ccc(OCCN3CCCCC3)cc2c(=CCCC)c2ccc(OCCN3CCCCC3)cc12. The highest BCUT2D eigenvalue weighted by Crippen LogP contribution is 2.24. The van der Waals surface area contributed by atoms with Crippen LogP contribution in [-0.2, 0) is 0 Å². The van der Waals surface area contributed by atoms with Gasteiger partial charge in [-0.15, -0.1) is 0 Å². The van der Waals surface area contributed by atoms with Gasteiger partial charge in [0, 0.05) is 13.1 Å². The van der Waals surface area contributed by atoms with E-state index in [0.29, 0.717) is 0 Å². The fourth-order valence-electron chi connectivity index (χ4n) is 6.40. The number of benzene rings is 3. The molecule has 216 valence electrons. The first kappa shape index (κ1) is 29.0. The highest BCUT2D eigenvalue weighted by molar-refractivity contribution is 6.01. The van der Waals surface area contributed by atoms with Crippen molar-refractivity contribution >= 4 is 33.7 Å². The molecule has 3 aromatic carbocycles. The summed E-state index contributed by atoms with van der Waals surface area (Å²) in [6, 6.07) is 13.5. The Balaban J connectivity index is 1.47. The summed E-state index contributed by atoms with van der Waals surface area (Å²) >= 11 is 0. The van der Waals surface area contributed by atoms with Gasteiger partial charge >= 0.3 is 0 Å². The Kier molecular flexibility index (Phi) is 10.8.